The highest BCUT2D eigenvalue weighted by Crippen LogP contribution is 2.23. The summed E-state index contributed by atoms with van der Waals surface area (Å²) in [6, 6.07) is 12.2. The largest absolute Gasteiger partial charge is 0.470 e. The van der Waals surface area contributed by atoms with Crippen LogP contribution in [-0.4, -0.2) is 30.9 Å². The number of para-hydroxylation sites is 1. The predicted molar refractivity (Wildman–Crippen MR) is 99.0 cm³/mol. The highest BCUT2D eigenvalue weighted by molar-refractivity contribution is 6.33. The van der Waals surface area contributed by atoms with Crippen molar-refractivity contribution in [2.24, 2.45) is 0 Å². The summed E-state index contributed by atoms with van der Waals surface area (Å²) < 4.78 is 23.1. The van der Waals surface area contributed by atoms with Crippen molar-refractivity contribution in [3.8, 4) is 0 Å². The number of esters is 1. The van der Waals surface area contributed by atoms with Crippen LogP contribution in [0.25, 0.3) is 0 Å². The summed E-state index contributed by atoms with van der Waals surface area (Å²) in [4.78, 5) is 36.1. The van der Waals surface area contributed by atoms with Crippen LogP contribution in [-0.2, 0) is 23.9 Å². The first kappa shape index (κ1) is 19.4. The number of benzene rings is 2. The van der Waals surface area contributed by atoms with E-state index in [2.05, 4.69) is 10.6 Å². The lowest BCUT2D eigenvalue weighted by Gasteiger charge is -2.10. The van der Waals surface area contributed by atoms with Crippen LogP contribution in [0, 0.1) is 5.82 Å². The van der Waals surface area contributed by atoms with E-state index in [0.717, 1.165) is 12.1 Å². The standard InChI is InChI=1S/C19H14ClFN2O5/c20-13-8-11(21)6-7-14(13)23-16(25)10-28-19(26)17-15(24)9-27-18(17)22-12-4-2-1-3-5-12/h1-8,22H,9-10H2,(H,23,25). The number of carbonyl (C=O) groups excluding carboxylic acids is 3. The van der Waals surface area contributed by atoms with Crippen molar-refractivity contribution in [2.75, 3.05) is 23.8 Å². The number of anilines is 2. The van der Waals surface area contributed by atoms with Crippen LogP contribution < -0.4 is 10.6 Å². The Bertz CT molecular complexity index is 962. The molecular formula is C19H14ClFN2O5. The van der Waals surface area contributed by atoms with Crippen LogP contribution in [0.2, 0.25) is 5.02 Å². The molecule has 0 aliphatic carbocycles. The average Bonchev–Trinajstić information content (AvgIpc) is 3.03. The molecule has 0 unspecified atom stereocenters. The van der Waals surface area contributed by atoms with Gasteiger partial charge >= 0.3 is 5.97 Å². The van der Waals surface area contributed by atoms with Crippen LogP contribution in [0.4, 0.5) is 15.8 Å². The van der Waals surface area contributed by atoms with E-state index in [4.69, 9.17) is 21.1 Å². The number of Topliss-reactive ketones (excluding diaryl/α,β-unsaturated/α-hetero) is 1. The molecule has 2 aromatic carbocycles. The molecule has 0 spiro atoms. The van der Waals surface area contributed by atoms with Crippen molar-refractivity contribution in [2.45, 2.75) is 0 Å². The average molecular weight is 405 g/mol. The maximum Gasteiger partial charge on any atom is 0.347 e. The molecule has 0 saturated carbocycles. The van der Waals surface area contributed by atoms with Gasteiger partial charge in [0.05, 0.1) is 10.7 Å². The van der Waals surface area contributed by atoms with Gasteiger partial charge in [0.1, 0.15) is 5.82 Å². The number of halogens is 2. The smallest absolute Gasteiger partial charge is 0.347 e. The molecule has 2 N–H and O–H groups in total. The molecule has 1 amide bonds. The van der Waals surface area contributed by atoms with Crippen molar-refractivity contribution in [3.63, 3.8) is 0 Å². The van der Waals surface area contributed by atoms with Crippen LogP contribution in [0.5, 0.6) is 0 Å². The van der Waals surface area contributed by atoms with E-state index in [0.29, 0.717) is 5.69 Å². The SMILES string of the molecule is O=C(COC(=O)C1=C(Nc2ccccc2)OCC1=O)Nc1ccc(F)cc1Cl. The van der Waals surface area contributed by atoms with Gasteiger partial charge in [0.25, 0.3) is 5.91 Å². The second-order valence-electron chi connectivity index (χ2n) is 5.66. The molecule has 1 aliphatic heterocycles. The van der Waals surface area contributed by atoms with E-state index in [1.165, 1.54) is 6.07 Å². The van der Waals surface area contributed by atoms with Gasteiger partial charge in [-0.1, -0.05) is 29.8 Å². The summed E-state index contributed by atoms with van der Waals surface area (Å²) in [7, 11) is 0. The van der Waals surface area contributed by atoms with Gasteiger partial charge < -0.3 is 20.1 Å². The summed E-state index contributed by atoms with van der Waals surface area (Å²) in [5, 5.41) is 5.20. The molecule has 0 bridgehead atoms. The van der Waals surface area contributed by atoms with E-state index in [1.807, 2.05) is 0 Å². The minimum atomic E-state index is -0.999. The zero-order valence-electron chi connectivity index (χ0n) is 14.3. The molecule has 1 heterocycles. The summed E-state index contributed by atoms with van der Waals surface area (Å²) >= 11 is 5.82. The van der Waals surface area contributed by atoms with Crippen molar-refractivity contribution in [1.82, 2.24) is 0 Å². The summed E-state index contributed by atoms with van der Waals surface area (Å²) in [6.45, 7) is -0.973. The minimum Gasteiger partial charge on any atom is -0.470 e. The number of ether oxygens (including phenoxy) is 2. The summed E-state index contributed by atoms with van der Waals surface area (Å²) in [5.74, 6) is -2.86. The second-order valence-corrected chi connectivity index (χ2v) is 6.06. The Morgan fingerprint density at radius 2 is 1.93 bits per heavy atom. The lowest BCUT2D eigenvalue weighted by atomic mass is 10.2. The monoisotopic (exact) mass is 404 g/mol. The fraction of sp³-hybridized carbons (Fsp3) is 0.105. The fourth-order valence-corrected chi connectivity index (χ4v) is 2.56. The Morgan fingerprint density at radius 3 is 2.64 bits per heavy atom. The van der Waals surface area contributed by atoms with Gasteiger partial charge in [0.15, 0.2) is 18.8 Å². The highest BCUT2D eigenvalue weighted by atomic mass is 35.5. The van der Waals surface area contributed by atoms with Gasteiger partial charge in [-0.25, -0.2) is 9.18 Å². The van der Waals surface area contributed by atoms with Gasteiger partial charge in [0.2, 0.25) is 11.7 Å². The number of hydrogen-bond donors (Lipinski definition) is 2. The van der Waals surface area contributed by atoms with E-state index in [-0.39, 0.29) is 28.8 Å². The molecule has 9 heteroatoms. The van der Waals surface area contributed by atoms with Crippen molar-refractivity contribution in [3.05, 3.63) is 70.8 Å². The van der Waals surface area contributed by atoms with Crippen molar-refractivity contribution >= 4 is 40.6 Å². The molecule has 7 nitrogen and oxygen atoms in total. The molecule has 0 fully saturated rings. The molecule has 1 aliphatic rings. The molecule has 144 valence electrons. The number of hydrogen-bond acceptors (Lipinski definition) is 6. The van der Waals surface area contributed by atoms with Gasteiger partial charge in [0, 0.05) is 5.69 Å². The first-order valence-corrected chi connectivity index (χ1v) is 8.46. The third-order valence-corrected chi connectivity index (χ3v) is 3.94. The third kappa shape index (κ3) is 4.66. The normalized spacial score (nSPS) is 13.1. The van der Waals surface area contributed by atoms with Gasteiger partial charge in [-0.15, -0.1) is 0 Å². The summed E-state index contributed by atoms with van der Waals surface area (Å²) in [6.07, 6.45) is 0. The number of rotatable bonds is 6. The van der Waals surface area contributed by atoms with Crippen LogP contribution in [0.3, 0.4) is 0 Å². The number of amides is 1. The van der Waals surface area contributed by atoms with Crippen molar-refractivity contribution in [1.29, 1.82) is 0 Å². The van der Waals surface area contributed by atoms with Crippen LogP contribution >= 0.6 is 11.6 Å². The molecule has 3 rings (SSSR count). The molecule has 0 aromatic heterocycles. The minimum absolute atomic E-state index is 0.00361. The second kappa shape index (κ2) is 8.53. The van der Waals surface area contributed by atoms with Gasteiger partial charge in [-0.2, -0.15) is 0 Å². The zero-order chi connectivity index (χ0) is 20.1. The van der Waals surface area contributed by atoms with E-state index < -0.39 is 30.1 Å². The first-order chi connectivity index (χ1) is 13.4. The summed E-state index contributed by atoms with van der Waals surface area (Å²) in [5.41, 5.74) is 0.465. The van der Waals surface area contributed by atoms with Gasteiger partial charge in [-0.3, -0.25) is 9.59 Å². The molecule has 0 radical (unpaired) electrons. The van der Waals surface area contributed by atoms with E-state index in [1.54, 1.807) is 30.3 Å². The van der Waals surface area contributed by atoms with Crippen LogP contribution in [0.15, 0.2) is 60.0 Å². The maximum atomic E-state index is 13.0. The fourth-order valence-electron chi connectivity index (χ4n) is 2.35. The molecule has 28 heavy (non-hydrogen) atoms. The Kier molecular flexibility index (Phi) is 5.90. The number of carbonyl (C=O) groups is 3. The molecule has 0 atom stereocenters. The Balaban J connectivity index is 1.63. The predicted octanol–water partition coefficient (Wildman–Crippen LogP) is 2.88. The molecule has 0 saturated heterocycles. The first-order valence-electron chi connectivity index (χ1n) is 8.08. The Hall–Kier alpha value is -3.39. The van der Waals surface area contributed by atoms with E-state index in [9.17, 15) is 18.8 Å². The van der Waals surface area contributed by atoms with Crippen LogP contribution in [0.1, 0.15) is 0 Å². The number of ketones is 1. The third-order valence-electron chi connectivity index (χ3n) is 3.63. The lowest BCUT2D eigenvalue weighted by Crippen LogP contribution is -2.24. The van der Waals surface area contributed by atoms with Gasteiger partial charge in [-0.05, 0) is 30.3 Å². The van der Waals surface area contributed by atoms with Crippen molar-refractivity contribution < 1.29 is 28.2 Å². The Morgan fingerprint density at radius 1 is 1.18 bits per heavy atom. The Labute approximate surface area is 164 Å². The zero-order valence-corrected chi connectivity index (χ0v) is 15.1. The van der Waals surface area contributed by atoms with E-state index >= 15 is 0 Å². The molecular weight excluding hydrogens is 391 g/mol. The molecule has 2 aromatic rings. The maximum absolute atomic E-state index is 13.0. The quantitative estimate of drug-likeness (QED) is 0.568. The topological polar surface area (TPSA) is 93.7 Å². The number of nitrogens with one attached hydrogen (secondary N) is 2. The highest BCUT2D eigenvalue weighted by Gasteiger charge is 2.32. The lowest BCUT2D eigenvalue weighted by molar-refractivity contribution is -0.144.